The van der Waals surface area contributed by atoms with E-state index in [2.05, 4.69) is 10.5 Å². The van der Waals surface area contributed by atoms with Gasteiger partial charge in [-0.05, 0) is 19.4 Å². The molecular weight excluding hydrogens is 280 g/mol. The lowest BCUT2D eigenvalue weighted by molar-refractivity contribution is -0.114. The maximum absolute atomic E-state index is 12.1. The number of esters is 1. The van der Waals surface area contributed by atoms with Gasteiger partial charge < -0.3 is 14.6 Å². The molecule has 0 saturated carbocycles. The topological polar surface area (TPSA) is 81.4 Å². The Morgan fingerprint density at radius 3 is 2.80 bits per heavy atom. The van der Waals surface area contributed by atoms with Crippen molar-refractivity contribution in [2.24, 2.45) is 0 Å². The predicted molar refractivity (Wildman–Crippen MR) is 73.7 cm³/mol. The number of thiophene rings is 1. The van der Waals surface area contributed by atoms with Crippen molar-refractivity contribution in [2.45, 2.75) is 27.4 Å². The number of aryl methyl sites for hydroxylation is 1. The lowest BCUT2D eigenvalue weighted by atomic mass is 10.1. The van der Waals surface area contributed by atoms with Gasteiger partial charge in [-0.15, -0.1) is 11.3 Å². The van der Waals surface area contributed by atoms with Crippen molar-refractivity contribution >= 4 is 28.2 Å². The first-order valence-corrected chi connectivity index (χ1v) is 6.75. The van der Waals surface area contributed by atoms with Crippen LogP contribution in [0.2, 0.25) is 0 Å². The van der Waals surface area contributed by atoms with Gasteiger partial charge in [0, 0.05) is 17.9 Å². The zero-order chi connectivity index (χ0) is 14.7. The number of aromatic nitrogens is 1. The first-order chi connectivity index (χ1) is 9.49. The Hall–Kier alpha value is -2.15. The van der Waals surface area contributed by atoms with Gasteiger partial charge in [-0.1, -0.05) is 5.16 Å². The molecule has 0 aliphatic rings. The fraction of sp³-hybridized carbons (Fsp3) is 0.308. The van der Waals surface area contributed by atoms with Crippen LogP contribution in [0.1, 0.15) is 33.5 Å². The van der Waals surface area contributed by atoms with E-state index in [1.54, 1.807) is 6.07 Å². The minimum atomic E-state index is -0.494. The van der Waals surface area contributed by atoms with Crippen LogP contribution in [0.25, 0.3) is 0 Å². The zero-order valence-electron chi connectivity index (χ0n) is 11.4. The molecule has 0 spiro atoms. The molecule has 1 N–H and O–H groups in total. The van der Waals surface area contributed by atoms with Crippen molar-refractivity contribution in [1.82, 2.24) is 5.16 Å². The molecule has 7 heteroatoms. The fourth-order valence-corrected chi connectivity index (χ4v) is 2.74. The van der Waals surface area contributed by atoms with Gasteiger partial charge >= 0.3 is 5.97 Å². The first kappa shape index (κ1) is 14.3. The molecule has 0 aliphatic heterocycles. The van der Waals surface area contributed by atoms with Crippen LogP contribution in [0.15, 0.2) is 16.8 Å². The molecule has 0 saturated heterocycles. The normalized spacial score (nSPS) is 10.3. The van der Waals surface area contributed by atoms with Crippen LogP contribution in [0.4, 0.5) is 5.00 Å². The van der Waals surface area contributed by atoms with Crippen molar-refractivity contribution in [3.8, 4) is 0 Å². The van der Waals surface area contributed by atoms with Crippen LogP contribution in [0, 0.1) is 13.8 Å². The Balaban J connectivity index is 2.17. The summed E-state index contributed by atoms with van der Waals surface area (Å²) in [5, 5.41) is 6.69. The number of hydrogen-bond acceptors (Lipinski definition) is 6. The number of nitrogens with zero attached hydrogens (tertiary/aromatic N) is 1. The summed E-state index contributed by atoms with van der Waals surface area (Å²) in [6, 6.07) is 1.62. The number of carbonyl (C=O) groups is 2. The average molecular weight is 294 g/mol. The Bertz CT molecular complexity index is 631. The van der Waals surface area contributed by atoms with Crippen molar-refractivity contribution in [1.29, 1.82) is 0 Å². The zero-order valence-corrected chi connectivity index (χ0v) is 12.2. The molecular formula is C13H14N2O4S. The molecule has 20 heavy (non-hydrogen) atoms. The van der Waals surface area contributed by atoms with Crippen molar-refractivity contribution < 1.29 is 18.8 Å². The van der Waals surface area contributed by atoms with Crippen LogP contribution >= 0.6 is 11.3 Å². The molecule has 0 unspecified atom stereocenters. The van der Waals surface area contributed by atoms with E-state index in [0.717, 1.165) is 10.4 Å². The maximum atomic E-state index is 12.1. The highest BCUT2D eigenvalue weighted by atomic mass is 32.1. The molecule has 1 amide bonds. The van der Waals surface area contributed by atoms with E-state index in [0.29, 0.717) is 16.3 Å². The van der Waals surface area contributed by atoms with Gasteiger partial charge in [-0.25, -0.2) is 4.79 Å². The second kappa shape index (κ2) is 5.87. The summed E-state index contributed by atoms with van der Waals surface area (Å²) in [6.07, 6.45) is 1.48. The summed E-state index contributed by atoms with van der Waals surface area (Å²) < 4.78 is 10.0. The molecule has 2 aromatic rings. The largest absolute Gasteiger partial charge is 0.454 e. The molecule has 2 heterocycles. The molecule has 106 valence electrons. The van der Waals surface area contributed by atoms with E-state index in [-0.39, 0.29) is 12.5 Å². The molecule has 0 atom stereocenters. The van der Waals surface area contributed by atoms with Crippen LogP contribution in [-0.4, -0.2) is 17.0 Å². The Morgan fingerprint density at radius 2 is 2.20 bits per heavy atom. The third-order valence-corrected chi connectivity index (χ3v) is 3.84. The second-order valence-electron chi connectivity index (χ2n) is 4.22. The van der Waals surface area contributed by atoms with Crippen LogP contribution in [0.5, 0.6) is 0 Å². The lowest BCUT2D eigenvalue weighted by Crippen LogP contribution is -2.11. The highest BCUT2D eigenvalue weighted by Gasteiger charge is 2.21. The van der Waals surface area contributed by atoms with Gasteiger partial charge in [0.2, 0.25) is 5.91 Å². The second-order valence-corrected chi connectivity index (χ2v) is 5.45. The van der Waals surface area contributed by atoms with Gasteiger partial charge in [0.25, 0.3) is 0 Å². The Morgan fingerprint density at radius 1 is 1.45 bits per heavy atom. The van der Waals surface area contributed by atoms with Gasteiger partial charge in [0.1, 0.15) is 5.00 Å². The number of rotatable bonds is 4. The molecule has 0 bridgehead atoms. The Kier molecular flexibility index (Phi) is 4.19. The number of nitrogens with one attached hydrogen (secondary N) is 1. The molecule has 0 aromatic carbocycles. The number of ether oxygens (including phenoxy) is 1. The standard InChI is InChI=1S/C13H14N2O4S/c1-7-8(2)20-12(15-9(3)16)11(7)13(17)18-6-10-4-5-14-19-10/h4-5H,6H2,1-3H3,(H,15,16). The minimum absolute atomic E-state index is 0.00663. The summed E-state index contributed by atoms with van der Waals surface area (Å²) >= 11 is 1.35. The molecule has 6 nitrogen and oxygen atoms in total. The summed E-state index contributed by atoms with van der Waals surface area (Å²) in [4.78, 5) is 24.3. The van der Waals surface area contributed by atoms with Crippen LogP contribution < -0.4 is 5.32 Å². The Labute approximate surface area is 119 Å². The number of anilines is 1. The van der Waals surface area contributed by atoms with Crippen molar-refractivity contribution in [3.05, 3.63) is 34.0 Å². The highest BCUT2D eigenvalue weighted by molar-refractivity contribution is 7.16. The van der Waals surface area contributed by atoms with E-state index < -0.39 is 5.97 Å². The molecule has 2 rings (SSSR count). The molecule has 0 fully saturated rings. The number of amides is 1. The van der Waals surface area contributed by atoms with Crippen LogP contribution in [-0.2, 0) is 16.1 Å². The summed E-state index contributed by atoms with van der Waals surface area (Å²) in [5.41, 5.74) is 1.20. The van der Waals surface area contributed by atoms with E-state index in [1.807, 2.05) is 13.8 Å². The number of hydrogen-bond donors (Lipinski definition) is 1. The SMILES string of the molecule is CC(=O)Nc1sc(C)c(C)c1C(=O)OCc1ccno1. The van der Waals surface area contributed by atoms with Gasteiger partial charge in [0.05, 0.1) is 11.8 Å². The molecule has 0 aliphatic carbocycles. The molecule has 0 radical (unpaired) electrons. The highest BCUT2D eigenvalue weighted by Crippen LogP contribution is 2.33. The molecule has 2 aromatic heterocycles. The van der Waals surface area contributed by atoms with E-state index in [4.69, 9.17) is 9.26 Å². The third-order valence-electron chi connectivity index (χ3n) is 2.72. The van der Waals surface area contributed by atoms with Gasteiger partial charge in [-0.3, -0.25) is 4.79 Å². The number of carbonyl (C=O) groups excluding carboxylic acids is 2. The van der Waals surface area contributed by atoms with Gasteiger partial charge in [0.15, 0.2) is 12.4 Å². The van der Waals surface area contributed by atoms with Crippen molar-refractivity contribution in [3.63, 3.8) is 0 Å². The van der Waals surface area contributed by atoms with Crippen LogP contribution in [0.3, 0.4) is 0 Å². The fourth-order valence-electron chi connectivity index (χ4n) is 1.65. The minimum Gasteiger partial charge on any atom is -0.454 e. The summed E-state index contributed by atoms with van der Waals surface area (Å²) in [5.74, 6) is -0.258. The summed E-state index contributed by atoms with van der Waals surface area (Å²) in [7, 11) is 0. The monoisotopic (exact) mass is 294 g/mol. The predicted octanol–water partition coefficient (Wildman–Crippen LogP) is 2.67. The maximum Gasteiger partial charge on any atom is 0.341 e. The van der Waals surface area contributed by atoms with E-state index in [1.165, 1.54) is 24.5 Å². The van der Waals surface area contributed by atoms with E-state index >= 15 is 0 Å². The van der Waals surface area contributed by atoms with Gasteiger partial charge in [-0.2, -0.15) is 0 Å². The first-order valence-electron chi connectivity index (χ1n) is 5.93. The average Bonchev–Trinajstić information content (AvgIpc) is 2.96. The smallest absolute Gasteiger partial charge is 0.341 e. The quantitative estimate of drug-likeness (QED) is 0.877. The lowest BCUT2D eigenvalue weighted by Gasteiger charge is -2.05. The van der Waals surface area contributed by atoms with Crippen molar-refractivity contribution in [2.75, 3.05) is 5.32 Å². The third kappa shape index (κ3) is 3.05. The van der Waals surface area contributed by atoms with E-state index in [9.17, 15) is 9.59 Å². The summed E-state index contributed by atoms with van der Waals surface area (Å²) in [6.45, 7) is 5.11.